The van der Waals surface area contributed by atoms with Gasteiger partial charge in [0.2, 0.25) is 0 Å². The van der Waals surface area contributed by atoms with Crippen molar-refractivity contribution in [2.45, 2.75) is 94.7 Å². The highest BCUT2D eigenvalue weighted by atomic mass is 32.2. The van der Waals surface area contributed by atoms with Crippen molar-refractivity contribution in [1.29, 1.82) is 0 Å². The van der Waals surface area contributed by atoms with Crippen LogP contribution in [-0.2, 0) is 16.2 Å². The molecule has 0 saturated carbocycles. The maximum atomic E-state index is 2.80. The summed E-state index contributed by atoms with van der Waals surface area (Å²) in [5.74, 6) is 0. The summed E-state index contributed by atoms with van der Waals surface area (Å²) in [4.78, 5) is 6.76. The van der Waals surface area contributed by atoms with Gasteiger partial charge < -0.3 is 14.4 Å². The third-order valence-electron chi connectivity index (χ3n) is 15.2. The summed E-state index contributed by atoms with van der Waals surface area (Å²) in [6.07, 6.45) is 0. The molecule has 5 heterocycles. The number of rotatable bonds is 3. The standard InChI is InChI=1S/C58H52BN3S/c1-33-31-45-50-46(32-33)62-53-39-16-11-13-20-47(39)63-55(53)48-44(60(36-25-21-34(22-26-36)56(2,3)4)37-27-23-35(24-28-37)57(5,6)7)30-29-43(54(48)62)59(50)42-19-14-17-40-49-52(61(45)51(40)42)38-15-10-12-18-41(38)58(49,8)9/h10-32,53,55H,1-9H3. The van der Waals surface area contributed by atoms with Crippen LogP contribution in [0.15, 0.2) is 144 Å². The van der Waals surface area contributed by atoms with Gasteiger partial charge in [-0.05, 0) is 116 Å². The van der Waals surface area contributed by atoms with Crippen molar-refractivity contribution in [3.63, 3.8) is 0 Å². The average molecular weight is 834 g/mol. The summed E-state index contributed by atoms with van der Waals surface area (Å²) in [6, 6.07) is 54.5. The van der Waals surface area contributed by atoms with Gasteiger partial charge in [0.25, 0.3) is 6.71 Å². The molecule has 7 aromatic carbocycles. The lowest BCUT2D eigenvalue weighted by molar-refractivity contribution is 0.590. The van der Waals surface area contributed by atoms with Crippen LogP contribution >= 0.6 is 11.8 Å². The van der Waals surface area contributed by atoms with Gasteiger partial charge in [0, 0.05) is 60.8 Å². The second-order valence-corrected chi connectivity index (χ2v) is 22.6. The minimum atomic E-state index is -0.115. The van der Waals surface area contributed by atoms with E-state index in [0.29, 0.717) is 0 Å². The van der Waals surface area contributed by atoms with Crippen LogP contribution < -0.4 is 26.2 Å². The Morgan fingerprint density at radius 1 is 0.667 bits per heavy atom. The Balaban J connectivity index is 1.11. The Labute approximate surface area is 376 Å². The molecule has 2 unspecified atom stereocenters. The molecule has 0 N–H and O–H groups in total. The van der Waals surface area contributed by atoms with Gasteiger partial charge in [-0.25, -0.2) is 0 Å². The van der Waals surface area contributed by atoms with Gasteiger partial charge in [0.15, 0.2) is 0 Å². The van der Waals surface area contributed by atoms with E-state index in [1.165, 1.54) is 117 Å². The summed E-state index contributed by atoms with van der Waals surface area (Å²) in [5, 5.41) is 1.60. The number of aryl methyl sites for hydroxylation is 1. The molecule has 0 fully saturated rings. The second kappa shape index (κ2) is 12.4. The van der Waals surface area contributed by atoms with E-state index in [0.717, 1.165) is 0 Å². The lowest BCUT2D eigenvalue weighted by Crippen LogP contribution is -2.60. The van der Waals surface area contributed by atoms with Crippen LogP contribution in [0.3, 0.4) is 0 Å². The molecule has 0 saturated heterocycles. The molecule has 5 heteroatoms. The van der Waals surface area contributed by atoms with Gasteiger partial charge in [-0.3, -0.25) is 0 Å². The van der Waals surface area contributed by atoms with Gasteiger partial charge in [-0.2, -0.15) is 0 Å². The maximum absolute atomic E-state index is 2.80. The fourth-order valence-corrected chi connectivity index (χ4v) is 13.9. The van der Waals surface area contributed by atoms with Gasteiger partial charge in [-0.1, -0.05) is 146 Å². The van der Waals surface area contributed by atoms with Gasteiger partial charge >= 0.3 is 0 Å². The Morgan fingerprint density at radius 2 is 1.32 bits per heavy atom. The van der Waals surface area contributed by atoms with E-state index in [1.807, 2.05) is 0 Å². The predicted molar refractivity (Wildman–Crippen MR) is 269 cm³/mol. The number of benzene rings is 7. The first kappa shape index (κ1) is 37.6. The van der Waals surface area contributed by atoms with Crippen molar-refractivity contribution in [1.82, 2.24) is 4.57 Å². The molecular formula is C58H52BN3S. The molecule has 2 atom stereocenters. The summed E-state index contributed by atoms with van der Waals surface area (Å²) in [5.41, 5.74) is 25.9. The first-order valence-corrected chi connectivity index (χ1v) is 23.8. The Kier molecular flexibility index (Phi) is 7.42. The third kappa shape index (κ3) is 4.90. The summed E-state index contributed by atoms with van der Waals surface area (Å²) in [7, 11) is 0. The zero-order valence-electron chi connectivity index (χ0n) is 37.8. The second-order valence-electron chi connectivity index (χ2n) is 21.4. The van der Waals surface area contributed by atoms with E-state index in [2.05, 4.69) is 228 Å². The zero-order chi connectivity index (χ0) is 43.1. The monoisotopic (exact) mass is 833 g/mol. The van der Waals surface area contributed by atoms with Crippen molar-refractivity contribution in [2.75, 3.05) is 9.80 Å². The molecule has 308 valence electrons. The smallest absolute Gasteiger partial charge is 0.252 e. The topological polar surface area (TPSA) is 11.4 Å². The van der Waals surface area contributed by atoms with Crippen molar-refractivity contribution in [3.05, 3.63) is 178 Å². The highest BCUT2D eigenvalue weighted by Gasteiger charge is 2.55. The first-order chi connectivity index (χ1) is 30.2. The quantitative estimate of drug-likeness (QED) is 0.164. The fraction of sp³-hybridized carbons (Fsp3) is 0.241. The molecule has 1 aliphatic carbocycles. The van der Waals surface area contributed by atoms with E-state index in [4.69, 9.17) is 0 Å². The molecular weight excluding hydrogens is 782 g/mol. The van der Waals surface area contributed by atoms with Crippen molar-refractivity contribution < 1.29 is 0 Å². The Morgan fingerprint density at radius 3 is 2.02 bits per heavy atom. The van der Waals surface area contributed by atoms with E-state index in [9.17, 15) is 0 Å². The number of thioether (sulfide) groups is 1. The predicted octanol–water partition coefficient (Wildman–Crippen LogP) is 13.5. The first-order valence-electron chi connectivity index (χ1n) is 22.9. The van der Waals surface area contributed by atoms with Crippen LogP contribution in [0.25, 0.3) is 27.8 Å². The minimum Gasteiger partial charge on any atom is -0.333 e. The van der Waals surface area contributed by atoms with Crippen LogP contribution in [0.5, 0.6) is 0 Å². The van der Waals surface area contributed by atoms with E-state index in [1.54, 1.807) is 0 Å². The molecule has 5 aliphatic rings. The van der Waals surface area contributed by atoms with E-state index >= 15 is 0 Å². The molecule has 0 radical (unpaired) electrons. The van der Waals surface area contributed by atoms with Crippen molar-refractivity contribution in [2.24, 2.45) is 0 Å². The zero-order valence-corrected chi connectivity index (χ0v) is 38.6. The highest BCUT2D eigenvalue weighted by Crippen LogP contribution is 2.67. The van der Waals surface area contributed by atoms with E-state index < -0.39 is 0 Å². The normalized spacial score (nSPS) is 17.9. The molecule has 63 heavy (non-hydrogen) atoms. The maximum Gasteiger partial charge on any atom is 0.252 e. The third-order valence-corrected chi connectivity index (χ3v) is 16.6. The average Bonchev–Trinajstić information content (AvgIpc) is 3.98. The number of nitrogens with zero attached hydrogens (tertiary/aromatic N) is 3. The number of para-hydroxylation sites is 1. The van der Waals surface area contributed by atoms with Crippen molar-refractivity contribution in [3.8, 4) is 16.9 Å². The Bertz CT molecular complexity index is 3230. The molecule has 3 nitrogen and oxygen atoms in total. The summed E-state index contributed by atoms with van der Waals surface area (Å²) >= 11 is 2.06. The van der Waals surface area contributed by atoms with Gasteiger partial charge in [0.05, 0.1) is 22.7 Å². The SMILES string of the molecule is Cc1cc2c3c(c1)-n1c4c(c5cccc(c51)B3c1ccc(N(c3ccc(C(C)(C)C)cc3)c3ccc(C(C)(C)C)cc3)c3c1N2C1c2ccccc2SC31)C(C)(C)c1ccccc1-4. The van der Waals surface area contributed by atoms with Gasteiger partial charge in [0.1, 0.15) is 0 Å². The highest BCUT2D eigenvalue weighted by molar-refractivity contribution is 8.00. The minimum absolute atomic E-state index is 0.0595. The molecule has 0 amide bonds. The van der Waals surface area contributed by atoms with Crippen LogP contribution in [0.2, 0.25) is 0 Å². The molecule has 0 bridgehead atoms. The van der Waals surface area contributed by atoms with Gasteiger partial charge in [-0.15, -0.1) is 11.8 Å². The molecule has 13 rings (SSSR count). The molecule has 4 aliphatic heterocycles. The van der Waals surface area contributed by atoms with Crippen LogP contribution in [0, 0.1) is 6.92 Å². The van der Waals surface area contributed by atoms with Crippen molar-refractivity contribution >= 4 is 74.2 Å². The number of anilines is 5. The van der Waals surface area contributed by atoms with Crippen LogP contribution in [0.4, 0.5) is 28.4 Å². The molecule has 8 aromatic rings. The summed E-state index contributed by atoms with van der Waals surface area (Å²) < 4.78 is 2.69. The lowest BCUT2D eigenvalue weighted by atomic mass is 9.33. The van der Waals surface area contributed by atoms with Crippen LogP contribution in [0.1, 0.15) is 106 Å². The summed E-state index contributed by atoms with van der Waals surface area (Å²) in [6.45, 7) is 21.1. The molecule has 0 spiro atoms. The number of aromatic nitrogens is 1. The van der Waals surface area contributed by atoms with Crippen LogP contribution in [-0.4, -0.2) is 11.3 Å². The number of hydrogen-bond donors (Lipinski definition) is 0. The molecule has 1 aromatic heterocycles. The largest absolute Gasteiger partial charge is 0.333 e. The lowest BCUT2D eigenvalue weighted by Gasteiger charge is -2.41. The Hall–Kier alpha value is -5.91. The van der Waals surface area contributed by atoms with E-state index in [-0.39, 0.29) is 34.2 Å². The fourth-order valence-electron chi connectivity index (χ4n) is 12.4. The number of hydrogen-bond acceptors (Lipinski definition) is 3. The number of fused-ring (bicyclic) bond motifs is 14.